The maximum Gasteiger partial charge on any atom is 0.412 e. The Kier molecular flexibility index (Phi) is 10.3. The first-order chi connectivity index (χ1) is 20.2. The first kappa shape index (κ1) is 30.3. The predicted octanol–water partition coefficient (Wildman–Crippen LogP) is 3.44. The zero-order valence-corrected chi connectivity index (χ0v) is 23.5. The van der Waals surface area contributed by atoms with Crippen molar-refractivity contribution in [2.75, 3.05) is 14.2 Å². The molecule has 1 fully saturated rings. The highest BCUT2D eigenvalue weighted by molar-refractivity contribution is 5.98. The van der Waals surface area contributed by atoms with Gasteiger partial charge in [0.1, 0.15) is 11.9 Å². The van der Waals surface area contributed by atoms with E-state index in [1.807, 2.05) is 0 Å². The van der Waals surface area contributed by atoms with Gasteiger partial charge >= 0.3 is 6.08 Å². The number of aromatic hydroxyl groups is 1. The Bertz CT molecular complexity index is 1410. The van der Waals surface area contributed by atoms with Crippen LogP contribution in [0.2, 0.25) is 0 Å². The molecule has 0 radical (unpaired) electrons. The van der Waals surface area contributed by atoms with Gasteiger partial charge in [-0.1, -0.05) is 49.3 Å². The molecule has 0 unspecified atom stereocenters. The third-order valence-electron chi connectivity index (χ3n) is 7.15. The summed E-state index contributed by atoms with van der Waals surface area (Å²) in [5, 5.41) is 32.8. The molecule has 12 nitrogen and oxygen atoms in total. The van der Waals surface area contributed by atoms with Crippen LogP contribution in [0.4, 0.5) is 4.39 Å². The van der Waals surface area contributed by atoms with E-state index in [-0.39, 0.29) is 36.3 Å². The lowest BCUT2D eigenvalue weighted by atomic mass is 9.84. The number of ether oxygens (including phenoxy) is 2. The van der Waals surface area contributed by atoms with Gasteiger partial charge in [-0.2, -0.15) is 0 Å². The third-order valence-corrected chi connectivity index (χ3v) is 7.15. The quantitative estimate of drug-likeness (QED) is 0.168. The highest BCUT2D eigenvalue weighted by Gasteiger charge is 2.26. The van der Waals surface area contributed by atoms with E-state index in [1.165, 1.54) is 32.4 Å². The SMILES string of the molecule is COc1ccc(CC(=O)NC(=N)N[C@H](CC2CCCCC2)C(=O)NCc2ccc(F)c(-c3nnc(O)o3)c2)cc1OC. The van der Waals surface area contributed by atoms with E-state index in [1.54, 1.807) is 18.2 Å². The lowest BCUT2D eigenvalue weighted by Crippen LogP contribution is -2.52. The van der Waals surface area contributed by atoms with E-state index in [0.717, 1.165) is 32.1 Å². The second kappa shape index (κ2) is 14.3. The van der Waals surface area contributed by atoms with Crippen LogP contribution in [0, 0.1) is 17.1 Å². The molecule has 1 aliphatic rings. The zero-order valence-electron chi connectivity index (χ0n) is 23.5. The number of aromatic nitrogens is 2. The number of hydrogen-bond donors (Lipinski definition) is 5. The van der Waals surface area contributed by atoms with Gasteiger partial charge in [0.05, 0.1) is 26.2 Å². The molecule has 4 rings (SSSR count). The van der Waals surface area contributed by atoms with Crippen molar-refractivity contribution in [2.24, 2.45) is 5.92 Å². The van der Waals surface area contributed by atoms with Gasteiger partial charge in [-0.15, -0.1) is 5.10 Å². The minimum absolute atomic E-state index is 0.00533. The van der Waals surface area contributed by atoms with Crippen molar-refractivity contribution >= 4 is 17.8 Å². The zero-order chi connectivity index (χ0) is 30.1. The average molecular weight is 583 g/mol. The second-order valence-corrected chi connectivity index (χ2v) is 10.1. The molecule has 0 saturated heterocycles. The van der Waals surface area contributed by atoms with E-state index in [0.29, 0.717) is 35.0 Å². The fourth-order valence-corrected chi connectivity index (χ4v) is 5.04. The third kappa shape index (κ3) is 8.18. The molecular formula is C29H35FN6O6. The van der Waals surface area contributed by atoms with Crippen molar-refractivity contribution in [3.63, 3.8) is 0 Å². The summed E-state index contributed by atoms with van der Waals surface area (Å²) in [5.74, 6) is -0.544. The Morgan fingerprint density at radius 1 is 1.07 bits per heavy atom. The molecule has 0 bridgehead atoms. The highest BCUT2D eigenvalue weighted by Crippen LogP contribution is 2.29. The molecule has 2 amide bonds. The van der Waals surface area contributed by atoms with Crippen molar-refractivity contribution in [3.8, 4) is 29.0 Å². The van der Waals surface area contributed by atoms with Gasteiger partial charge in [0, 0.05) is 6.54 Å². The number of carbonyl (C=O) groups excluding carboxylic acids is 2. The van der Waals surface area contributed by atoms with Gasteiger partial charge in [0.2, 0.25) is 11.8 Å². The van der Waals surface area contributed by atoms with E-state index >= 15 is 0 Å². The minimum Gasteiger partial charge on any atom is -0.493 e. The summed E-state index contributed by atoms with van der Waals surface area (Å²) >= 11 is 0. The molecule has 13 heteroatoms. The number of hydrogen-bond acceptors (Lipinski definition) is 9. The average Bonchev–Trinajstić information content (AvgIpc) is 3.42. The van der Waals surface area contributed by atoms with Gasteiger partial charge in [-0.3, -0.25) is 20.3 Å². The highest BCUT2D eigenvalue weighted by atomic mass is 19.1. The van der Waals surface area contributed by atoms with Crippen molar-refractivity contribution in [1.82, 2.24) is 26.1 Å². The number of nitrogens with one attached hydrogen (secondary N) is 4. The molecule has 3 aromatic rings. The van der Waals surface area contributed by atoms with E-state index in [9.17, 15) is 19.1 Å². The van der Waals surface area contributed by atoms with Crippen LogP contribution in [-0.2, 0) is 22.6 Å². The molecule has 0 spiro atoms. The number of guanidine groups is 1. The minimum atomic E-state index is -0.769. The molecule has 5 N–H and O–H groups in total. The van der Waals surface area contributed by atoms with Crippen LogP contribution >= 0.6 is 0 Å². The number of methoxy groups -OCH3 is 2. The van der Waals surface area contributed by atoms with E-state index in [4.69, 9.17) is 19.3 Å². The lowest BCUT2D eigenvalue weighted by Gasteiger charge is -2.27. The van der Waals surface area contributed by atoms with Crippen LogP contribution in [0.15, 0.2) is 40.8 Å². The first-order valence-corrected chi connectivity index (χ1v) is 13.7. The Morgan fingerprint density at radius 2 is 1.81 bits per heavy atom. The molecule has 0 aliphatic heterocycles. The smallest absolute Gasteiger partial charge is 0.412 e. The summed E-state index contributed by atoms with van der Waals surface area (Å²) in [6, 6.07) is 8.52. The summed E-state index contributed by atoms with van der Waals surface area (Å²) in [4.78, 5) is 26.0. The number of rotatable bonds is 11. The second-order valence-electron chi connectivity index (χ2n) is 10.1. The number of amides is 2. The summed E-state index contributed by atoms with van der Waals surface area (Å²) in [6.07, 6.45) is 5.12. The summed E-state index contributed by atoms with van der Waals surface area (Å²) in [5.41, 5.74) is 1.22. The molecule has 1 aromatic heterocycles. The van der Waals surface area contributed by atoms with Crippen LogP contribution in [0.25, 0.3) is 11.5 Å². The van der Waals surface area contributed by atoms with Gasteiger partial charge in [-0.05, 0) is 47.7 Å². The molecule has 1 atom stereocenters. The van der Waals surface area contributed by atoms with Crippen LogP contribution in [0.5, 0.6) is 17.6 Å². The van der Waals surface area contributed by atoms with Gasteiger partial charge in [0.25, 0.3) is 5.89 Å². The predicted molar refractivity (Wildman–Crippen MR) is 150 cm³/mol. The maximum absolute atomic E-state index is 14.3. The number of carbonyl (C=O) groups is 2. The molecule has 2 aromatic carbocycles. The van der Waals surface area contributed by atoms with Crippen molar-refractivity contribution in [3.05, 3.63) is 53.3 Å². The Morgan fingerprint density at radius 3 is 2.50 bits per heavy atom. The normalized spacial score (nSPS) is 14.1. The van der Waals surface area contributed by atoms with Gasteiger partial charge in [0.15, 0.2) is 17.5 Å². The van der Waals surface area contributed by atoms with Gasteiger partial charge < -0.3 is 29.6 Å². The fraction of sp³-hybridized carbons (Fsp3) is 0.414. The lowest BCUT2D eigenvalue weighted by molar-refractivity contribution is -0.123. The summed E-state index contributed by atoms with van der Waals surface area (Å²) in [7, 11) is 3.03. The molecule has 1 saturated carbocycles. The number of benzene rings is 2. The topological polar surface area (TPSA) is 172 Å². The van der Waals surface area contributed by atoms with Crippen LogP contribution in [0.1, 0.15) is 49.7 Å². The fourth-order valence-electron chi connectivity index (χ4n) is 5.04. The monoisotopic (exact) mass is 582 g/mol. The van der Waals surface area contributed by atoms with E-state index < -0.39 is 23.8 Å². The first-order valence-electron chi connectivity index (χ1n) is 13.7. The largest absolute Gasteiger partial charge is 0.493 e. The van der Waals surface area contributed by atoms with Crippen molar-refractivity contribution in [2.45, 2.75) is 57.5 Å². The standard InChI is InChI=1S/C29H35FN6O6/c1-40-23-11-9-18(14-24(23)41-2)15-25(37)34-28(31)33-22(13-17-6-4-3-5-7-17)26(38)32-16-19-8-10-21(30)20(12-19)27-35-36-29(39)42-27/h8-12,14,17,22H,3-7,13,15-16H2,1-2H3,(H,32,38)(H,36,39)(H3,31,33,34,37)/t22-/m1/s1. The van der Waals surface area contributed by atoms with Crippen molar-refractivity contribution in [1.29, 1.82) is 5.41 Å². The molecule has 42 heavy (non-hydrogen) atoms. The summed E-state index contributed by atoms with van der Waals surface area (Å²) < 4.78 is 29.8. The van der Waals surface area contributed by atoms with Crippen LogP contribution < -0.4 is 25.4 Å². The number of nitrogens with zero attached hydrogens (tertiary/aromatic N) is 2. The molecule has 1 aliphatic carbocycles. The van der Waals surface area contributed by atoms with Gasteiger partial charge in [-0.25, -0.2) is 4.39 Å². The van der Waals surface area contributed by atoms with Crippen LogP contribution in [-0.4, -0.2) is 53.3 Å². The molecule has 1 heterocycles. The number of halogens is 1. The van der Waals surface area contributed by atoms with Crippen molar-refractivity contribution < 1.29 is 33.0 Å². The Hall–Kier alpha value is -4.68. The maximum atomic E-state index is 14.3. The van der Waals surface area contributed by atoms with E-state index in [2.05, 4.69) is 26.1 Å². The molecule has 224 valence electrons. The molecular weight excluding hydrogens is 547 g/mol. The summed E-state index contributed by atoms with van der Waals surface area (Å²) in [6.45, 7) is 0.0636. The Labute approximate surface area is 242 Å². The Balaban J connectivity index is 1.38. The van der Waals surface area contributed by atoms with Crippen LogP contribution in [0.3, 0.4) is 0 Å².